The molecule has 31 heavy (non-hydrogen) atoms. The van der Waals surface area contributed by atoms with Gasteiger partial charge in [-0.3, -0.25) is 23.9 Å². The fraction of sp³-hybridized carbons (Fsp3) is 0.227. The van der Waals surface area contributed by atoms with Gasteiger partial charge in [-0.15, -0.1) is 0 Å². The number of hydrogen-bond donors (Lipinski definition) is 1. The number of rotatable bonds is 5. The molecule has 1 fully saturated rings. The van der Waals surface area contributed by atoms with E-state index in [0.717, 1.165) is 27.5 Å². The molecule has 1 aliphatic rings. The second kappa shape index (κ2) is 8.88. The molecule has 1 N–H and O–H groups in total. The normalized spacial score (nSPS) is 14.9. The number of Topliss-reactive ketones (excluding diaryl/α,β-unsaturated/α-hetero) is 1. The van der Waals surface area contributed by atoms with E-state index in [-0.39, 0.29) is 35.6 Å². The van der Waals surface area contributed by atoms with Gasteiger partial charge in [-0.1, -0.05) is 53.8 Å². The van der Waals surface area contributed by atoms with Crippen LogP contribution in [-0.2, 0) is 11.8 Å². The van der Waals surface area contributed by atoms with E-state index in [1.54, 1.807) is 12.1 Å². The van der Waals surface area contributed by atoms with Crippen LogP contribution in [0.4, 0.5) is 0 Å². The number of amides is 1. The van der Waals surface area contributed by atoms with Gasteiger partial charge in [-0.05, 0) is 31.1 Å². The first-order chi connectivity index (χ1) is 14.6. The fourth-order valence-corrected chi connectivity index (χ4v) is 4.50. The van der Waals surface area contributed by atoms with Gasteiger partial charge < -0.3 is 5.11 Å². The largest absolute Gasteiger partial charge is 0.494 e. The van der Waals surface area contributed by atoms with Gasteiger partial charge in [0.25, 0.3) is 11.5 Å². The Balaban J connectivity index is 1.80. The van der Waals surface area contributed by atoms with Gasteiger partial charge in [0.05, 0.1) is 10.5 Å². The number of nitrogens with zero attached hydrogens (tertiary/aromatic N) is 3. The van der Waals surface area contributed by atoms with E-state index >= 15 is 0 Å². The Labute approximate surface area is 188 Å². The number of nitriles is 1. The van der Waals surface area contributed by atoms with Gasteiger partial charge >= 0.3 is 0 Å². The number of thioether (sulfide) groups is 1. The molecule has 0 bridgehead atoms. The minimum Gasteiger partial charge on any atom is -0.494 e. The minimum atomic E-state index is -0.674. The summed E-state index contributed by atoms with van der Waals surface area (Å²) >= 11 is 6.47. The van der Waals surface area contributed by atoms with Gasteiger partial charge in [0, 0.05) is 20.0 Å². The van der Waals surface area contributed by atoms with Crippen molar-refractivity contribution in [1.82, 2.24) is 9.47 Å². The van der Waals surface area contributed by atoms with Crippen molar-refractivity contribution in [3.8, 4) is 11.9 Å². The molecule has 2 aromatic rings. The van der Waals surface area contributed by atoms with Gasteiger partial charge in [-0.25, -0.2) is 0 Å². The average molecular weight is 454 g/mol. The lowest BCUT2D eigenvalue weighted by Crippen LogP contribution is -2.31. The van der Waals surface area contributed by atoms with Crippen LogP contribution in [0.25, 0.3) is 6.08 Å². The fourth-order valence-electron chi connectivity index (χ4n) is 3.20. The van der Waals surface area contributed by atoms with E-state index in [4.69, 9.17) is 12.2 Å². The second-order valence-electron chi connectivity index (χ2n) is 7.09. The van der Waals surface area contributed by atoms with E-state index in [1.807, 2.05) is 31.2 Å². The summed E-state index contributed by atoms with van der Waals surface area (Å²) in [7, 11) is 1.28. The first-order valence-corrected chi connectivity index (χ1v) is 10.6. The van der Waals surface area contributed by atoms with Crippen molar-refractivity contribution in [1.29, 1.82) is 5.26 Å². The molecule has 0 radical (unpaired) electrons. The van der Waals surface area contributed by atoms with Crippen molar-refractivity contribution in [3.05, 3.63) is 67.3 Å². The molecular weight excluding hydrogens is 434 g/mol. The third-order valence-electron chi connectivity index (χ3n) is 5.01. The summed E-state index contributed by atoms with van der Waals surface area (Å²) in [6.45, 7) is 3.44. The number of aryl methyl sites for hydroxylation is 1. The highest BCUT2D eigenvalue weighted by Gasteiger charge is 2.33. The maximum atomic E-state index is 12.8. The Hall–Kier alpha value is -3.22. The number of ketones is 1. The van der Waals surface area contributed by atoms with Crippen LogP contribution in [0.3, 0.4) is 0 Å². The zero-order valence-electron chi connectivity index (χ0n) is 17.1. The predicted molar refractivity (Wildman–Crippen MR) is 123 cm³/mol. The SMILES string of the molecule is Cc1ccc(/C=C2\SC(=S)N(CCC(=O)c3c(C)c(C#N)c(=O)n(C)c3O)C2=O)cc1. The second-order valence-corrected chi connectivity index (χ2v) is 8.77. The molecule has 9 heteroatoms. The van der Waals surface area contributed by atoms with Crippen molar-refractivity contribution < 1.29 is 14.7 Å². The zero-order valence-corrected chi connectivity index (χ0v) is 18.8. The molecule has 1 amide bonds. The van der Waals surface area contributed by atoms with Crippen molar-refractivity contribution in [3.63, 3.8) is 0 Å². The number of benzene rings is 1. The summed E-state index contributed by atoms with van der Waals surface area (Å²) < 4.78 is 1.21. The standard InChI is InChI=1S/C22H19N3O4S2/c1-12-4-6-14(7-5-12)10-17-20(28)25(22(30)31-17)9-8-16(26)18-13(2)15(11-23)19(27)24(3)21(18)29/h4-7,10,29H,8-9H2,1-3H3/b17-10-. The molecular formula is C22H19N3O4S2. The lowest BCUT2D eigenvalue weighted by Gasteiger charge is -2.16. The monoisotopic (exact) mass is 453 g/mol. The molecule has 2 heterocycles. The van der Waals surface area contributed by atoms with Crippen LogP contribution in [0, 0.1) is 25.2 Å². The first-order valence-electron chi connectivity index (χ1n) is 9.33. The first kappa shape index (κ1) is 22.5. The van der Waals surface area contributed by atoms with Crippen molar-refractivity contribution >= 4 is 46.1 Å². The highest BCUT2D eigenvalue weighted by molar-refractivity contribution is 8.26. The Morgan fingerprint density at radius 2 is 1.90 bits per heavy atom. The van der Waals surface area contributed by atoms with Crippen LogP contribution in [-0.4, -0.2) is 37.1 Å². The molecule has 7 nitrogen and oxygen atoms in total. The number of carbonyl (C=O) groups excluding carboxylic acids is 2. The van der Waals surface area contributed by atoms with Crippen LogP contribution in [0.5, 0.6) is 5.88 Å². The summed E-state index contributed by atoms with van der Waals surface area (Å²) in [4.78, 5) is 39.5. The minimum absolute atomic E-state index is 0.0261. The molecule has 1 saturated heterocycles. The molecule has 1 aromatic carbocycles. The van der Waals surface area contributed by atoms with Crippen LogP contribution in [0.2, 0.25) is 0 Å². The number of hydrogen-bond acceptors (Lipinski definition) is 7. The van der Waals surface area contributed by atoms with Gasteiger partial charge in [-0.2, -0.15) is 5.26 Å². The van der Waals surface area contributed by atoms with E-state index < -0.39 is 17.2 Å². The van der Waals surface area contributed by atoms with Crippen molar-refractivity contribution in [2.24, 2.45) is 7.05 Å². The molecule has 1 aliphatic heterocycles. The maximum Gasteiger partial charge on any atom is 0.271 e. The molecule has 0 spiro atoms. The Bertz CT molecular complexity index is 1240. The summed E-state index contributed by atoms with van der Waals surface area (Å²) in [5, 5.41) is 19.5. The van der Waals surface area contributed by atoms with Crippen LogP contribution < -0.4 is 5.56 Å². The molecule has 1 aromatic heterocycles. The van der Waals surface area contributed by atoms with Crippen LogP contribution in [0.1, 0.15) is 39.0 Å². The van der Waals surface area contributed by atoms with Crippen molar-refractivity contribution in [2.75, 3.05) is 6.54 Å². The summed E-state index contributed by atoms with van der Waals surface area (Å²) in [5.74, 6) is -1.28. The molecule has 0 aliphatic carbocycles. The molecule has 0 unspecified atom stereocenters. The Kier molecular flexibility index (Phi) is 6.43. The van der Waals surface area contributed by atoms with Gasteiger partial charge in [0.1, 0.15) is 16.0 Å². The number of carbonyl (C=O) groups is 2. The smallest absolute Gasteiger partial charge is 0.271 e. The Morgan fingerprint density at radius 1 is 1.26 bits per heavy atom. The predicted octanol–water partition coefficient (Wildman–Crippen LogP) is 3.05. The maximum absolute atomic E-state index is 12.8. The number of aromatic nitrogens is 1. The Morgan fingerprint density at radius 3 is 2.52 bits per heavy atom. The summed E-state index contributed by atoms with van der Waals surface area (Å²) in [6.07, 6.45) is 1.63. The zero-order chi connectivity index (χ0) is 22.9. The third-order valence-corrected chi connectivity index (χ3v) is 6.39. The van der Waals surface area contributed by atoms with E-state index in [0.29, 0.717) is 9.23 Å². The molecule has 3 rings (SSSR count). The third kappa shape index (κ3) is 4.31. The van der Waals surface area contributed by atoms with E-state index in [2.05, 4.69) is 0 Å². The quantitative estimate of drug-likeness (QED) is 0.422. The number of aromatic hydroxyl groups is 1. The summed E-state index contributed by atoms with van der Waals surface area (Å²) in [6, 6.07) is 9.48. The lowest BCUT2D eigenvalue weighted by atomic mass is 10.00. The highest BCUT2D eigenvalue weighted by atomic mass is 32.2. The molecule has 158 valence electrons. The van der Waals surface area contributed by atoms with Gasteiger partial charge in [0.2, 0.25) is 5.88 Å². The van der Waals surface area contributed by atoms with Crippen molar-refractivity contribution in [2.45, 2.75) is 20.3 Å². The van der Waals surface area contributed by atoms with E-state index in [9.17, 15) is 24.8 Å². The van der Waals surface area contributed by atoms with Crippen LogP contribution in [0.15, 0.2) is 34.0 Å². The van der Waals surface area contributed by atoms with E-state index in [1.165, 1.54) is 18.9 Å². The topological polar surface area (TPSA) is 103 Å². The average Bonchev–Trinajstić information content (AvgIpc) is 2.99. The number of thiocarbonyl (C=S) groups is 1. The molecule has 0 atom stereocenters. The van der Waals surface area contributed by atoms with Crippen LogP contribution >= 0.6 is 24.0 Å². The molecule has 0 saturated carbocycles. The number of pyridine rings is 1. The summed E-state index contributed by atoms with van der Waals surface area (Å²) in [5.41, 5.74) is 1.14. The van der Waals surface area contributed by atoms with Gasteiger partial charge in [0.15, 0.2) is 5.78 Å². The lowest BCUT2D eigenvalue weighted by molar-refractivity contribution is -0.122. The highest BCUT2D eigenvalue weighted by Crippen LogP contribution is 2.33.